The summed E-state index contributed by atoms with van der Waals surface area (Å²) in [5.74, 6) is 1.40. The Balaban J connectivity index is 1.60. The summed E-state index contributed by atoms with van der Waals surface area (Å²) in [7, 11) is 3.21. The summed E-state index contributed by atoms with van der Waals surface area (Å²) in [5.41, 5.74) is 2.09. The van der Waals surface area contributed by atoms with Crippen LogP contribution in [0.1, 0.15) is 17.5 Å². The van der Waals surface area contributed by atoms with Crippen LogP contribution in [-0.4, -0.2) is 25.1 Å². The van der Waals surface area contributed by atoms with Gasteiger partial charge in [0.05, 0.1) is 14.2 Å². The van der Waals surface area contributed by atoms with Gasteiger partial charge in [0.2, 0.25) is 5.91 Å². The van der Waals surface area contributed by atoms with Crippen molar-refractivity contribution in [3.8, 4) is 11.5 Å². The van der Waals surface area contributed by atoms with Crippen LogP contribution in [0.4, 0.5) is 0 Å². The van der Waals surface area contributed by atoms with E-state index in [2.05, 4.69) is 10.3 Å². The minimum Gasteiger partial charge on any atom is -0.497 e. The fourth-order valence-electron chi connectivity index (χ4n) is 2.82. The average Bonchev–Trinajstić information content (AvgIpc) is 2.70. The number of rotatable bonds is 7. The van der Waals surface area contributed by atoms with E-state index in [-0.39, 0.29) is 18.0 Å². The Morgan fingerprint density at radius 3 is 2.41 bits per heavy atom. The van der Waals surface area contributed by atoms with Crippen molar-refractivity contribution in [1.29, 1.82) is 0 Å². The minimum absolute atomic E-state index is 0.101. The third-order valence-corrected chi connectivity index (χ3v) is 4.40. The van der Waals surface area contributed by atoms with Gasteiger partial charge in [0.15, 0.2) is 0 Å². The first kappa shape index (κ1) is 18.5. The SMILES string of the molecule is COc1ccc(CCC(=O)NCc2cc3cc(OC)ccc3[nH]c2=O)cc1. The molecule has 0 radical (unpaired) electrons. The van der Waals surface area contributed by atoms with Crippen molar-refractivity contribution >= 4 is 16.8 Å². The van der Waals surface area contributed by atoms with Gasteiger partial charge in [0.1, 0.15) is 11.5 Å². The molecule has 0 fully saturated rings. The van der Waals surface area contributed by atoms with E-state index in [9.17, 15) is 9.59 Å². The normalized spacial score (nSPS) is 10.6. The van der Waals surface area contributed by atoms with E-state index in [0.717, 1.165) is 22.2 Å². The predicted octanol–water partition coefficient (Wildman–Crippen LogP) is 2.79. The van der Waals surface area contributed by atoms with E-state index in [1.165, 1.54) is 0 Å². The van der Waals surface area contributed by atoms with E-state index in [1.54, 1.807) is 32.4 Å². The summed E-state index contributed by atoms with van der Waals surface area (Å²) < 4.78 is 10.3. The van der Waals surface area contributed by atoms with Gasteiger partial charge >= 0.3 is 0 Å². The van der Waals surface area contributed by atoms with Gasteiger partial charge in [0.25, 0.3) is 5.56 Å². The van der Waals surface area contributed by atoms with E-state index in [0.29, 0.717) is 24.2 Å². The van der Waals surface area contributed by atoms with E-state index in [1.807, 2.05) is 30.3 Å². The van der Waals surface area contributed by atoms with Crippen molar-refractivity contribution in [2.45, 2.75) is 19.4 Å². The molecule has 0 aliphatic carbocycles. The molecule has 0 atom stereocenters. The monoisotopic (exact) mass is 366 g/mol. The number of aromatic amines is 1. The number of carbonyl (C=O) groups excluding carboxylic acids is 1. The first-order chi connectivity index (χ1) is 13.1. The summed E-state index contributed by atoms with van der Waals surface area (Å²) >= 11 is 0. The number of nitrogens with one attached hydrogen (secondary N) is 2. The number of ether oxygens (including phenoxy) is 2. The molecule has 0 saturated carbocycles. The van der Waals surface area contributed by atoms with Gasteiger partial charge in [-0.1, -0.05) is 12.1 Å². The van der Waals surface area contributed by atoms with Crippen LogP contribution in [0.3, 0.4) is 0 Å². The lowest BCUT2D eigenvalue weighted by Crippen LogP contribution is -2.26. The third-order valence-electron chi connectivity index (χ3n) is 4.40. The number of aryl methyl sites for hydroxylation is 1. The molecule has 0 saturated heterocycles. The fraction of sp³-hybridized carbons (Fsp3) is 0.238. The molecule has 140 valence electrons. The summed E-state index contributed by atoms with van der Waals surface area (Å²) in [6, 6.07) is 14.8. The smallest absolute Gasteiger partial charge is 0.253 e. The molecule has 6 heteroatoms. The summed E-state index contributed by atoms with van der Waals surface area (Å²) in [5, 5.41) is 3.67. The lowest BCUT2D eigenvalue weighted by molar-refractivity contribution is -0.121. The number of aromatic nitrogens is 1. The standard InChI is InChI=1S/C21H22N2O4/c1-26-17-6-3-14(4-7-17)5-10-20(24)22-13-16-11-15-12-18(27-2)8-9-19(15)23-21(16)25/h3-4,6-9,11-12H,5,10,13H2,1-2H3,(H,22,24)(H,23,25). The van der Waals surface area contributed by atoms with E-state index < -0.39 is 0 Å². The molecule has 0 aliphatic heterocycles. The Labute approximate surface area is 157 Å². The number of carbonyl (C=O) groups is 1. The van der Waals surface area contributed by atoms with Gasteiger partial charge in [-0.25, -0.2) is 0 Å². The van der Waals surface area contributed by atoms with Gasteiger partial charge < -0.3 is 19.8 Å². The maximum atomic E-state index is 12.2. The second-order valence-electron chi connectivity index (χ2n) is 6.20. The number of amides is 1. The van der Waals surface area contributed by atoms with Crippen LogP contribution in [-0.2, 0) is 17.8 Å². The zero-order chi connectivity index (χ0) is 19.2. The number of H-pyrrole nitrogens is 1. The predicted molar refractivity (Wildman–Crippen MR) is 104 cm³/mol. The Morgan fingerprint density at radius 1 is 1.00 bits per heavy atom. The maximum absolute atomic E-state index is 12.2. The maximum Gasteiger partial charge on any atom is 0.253 e. The molecule has 3 aromatic rings. The van der Waals surface area contributed by atoms with Gasteiger partial charge in [-0.3, -0.25) is 9.59 Å². The average molecular weight is 366 g/mol. The van der Waals surface area contributed by atoms with Gasteiger partial charge in [-0.15, -0.1) is 0 Å². The van der Waals surface area contributed by atoms with Crippen LogP contribution < -0.4 is 20.3 Å². The summed E-state index contributed by atoms with van der Waals surface area (Å²) in [4.78, 5) is 27.1. The number of benzene rings is 2. The second kappa shape index (κ2) is 8.40. The van der Waals surface area contributed by atoms with Crippen LogP contribution in [0.25, 0.3) is 10.9 Å². The number of pyridine rings is 1. The highest BCUT2D eigenvalue weighted by Crippen LogP contribution is 2.18. The largest absolute Gasteiger partial charge is 0.497 e. The van der Waals surface area contributed by atoms with Crippen molar-refractivity contribution in [2.24, 2.45) is 0 Å². The molecule has 0 spiro atoms. The fourth-order valence-corrected chi connectivity index (χ4v) is 2.82. The molecule has 2 N–H and O–H groups in total. The molecule has 0 unspecified atom stereocenters. The van der Waals surface area contributed by atoms with Crippen molar-refractivity contribution in [2.75, 3.05) is 14.2 Å². The lowest BCUT2D eigenvalue weighted by Gasteiger charge is -2.08. The summed E-state index contributed by atoms with van der Waals surface area (Å²) in [6.45, 7) is 0.184. The highest BCUT2D eigenvalue weighted by molar-refractivity contribution is 5.81. The van der Waals surface area contributed by atoms with E-state index in [4.69, 9.17) is 9.47 Å². The first-order valence-electron chi connectivity index (χ1n) is 8.68. The zero-order valence-electron chi connectivity index (χ0n) is 15.4. The molecular formula is C21H22N2O4. The molecule has 1 amide bonds. The van der Waals surface area contributed by atoms with Crippen LogP contribution in [0, 0.1) is 0 Å². The van der Waals surface area contributed by atoms with Crippen molar-refractivity contribution in [1.82, 2.24) is 10.3 Å². The van der Waals surface area contributed by atoms with Crippen LogP contribution in [0.2, 0.25) is 0 Å². The van der Waals surface area contributed by atoms with E-state index >= 15 is 0 Å². The summed E-state index contributed by atoms with van der Waals surface area (Å²) in [6.07, 6.45) is 0.979. The molecule has 0 aliphatic rings. The van der Waals surface area contributed by atoms with Crippen LogP contribution in [0.5, 0.6) is 11.5 Å². The van der Waals surface area contributed by atoms with Crippen molar-refractivity contribution < 1.29 is 14.3 Å². The highest BCUT2D eigenvalue weighted by Gasteiger charge is 2.07. The van der Waals surface area contributed by atoms with Crippen LogP contribution in [0.15, 0.2) is 53.3 Å². The molecule has 1 aromatic heterocycles. The second-order valence-corrected chi connectivity index (χ2v) is 6.20. The first-order valence-corrected chi connectivity index (χ1v) is 8.68. The molecule has 1 heterocycles. The lowest BCUT2D eigenvalue weighted by atomic mass is 10.1. The molecule has 2 aromatic carbocycles. The Kier molecular flexibility index (Phi) is 5.76. The Morgan fingerprint density at radius 2 is 1.70 bits per heavy atom. The number of methoxy groups -OCH3 is 2. The molecule has 0 bridgehead atoms. The van der Waals surface area contributed by atoms with Crippen molar-refractivity contribution in [3.05, 3.63) is 70.0 Å². The quantitative estimate of drug-likeness (QED) is 0.674. The molecule has 3 rings (SSSR count). The van der Waals surface area contributed by atoms with Gasteiger partial charge in [0, 0.05) is 29.4 Å². The number of fused-ring (bicyclic) bond motifs is 1. The highest BCUT2D eigenvalue weighted by atomic mass is 16.5. The van der Waals surface area contributed by atoms with Crippen LogP contribution >= 0.6 is 0 Å². The van der Waals surface area contributed by atoms with Crippen molar-refractivity contribution in [3.63, 3.8) is 0 Å². The molecular weight excluding hydrogens is 344 g/mol. The van der Waals surface area contributed by atoms with Gasteiger partial charge in [-0.2, -0.15) is 0 Å². The Hall–Kier alpha value is -3.28. The topological polar surface area (TPSA) is 80.4 Å². The molecule has 27 heavy (non-hydrogen) atoms. The Bertz CT molecular complexity index is 993. The third kappa shape index (κ3) is 4.67. The number of hydrogen-bond donors (Lipinski definition) is 2. The zero-order valence-corrected chi connectivity index (χ0v) is 15.4. The van der Waals surface area contributed by atoms with Gasteiger partial charge in [-0.05, 0) is 48.4 Å². The molecule has 6 nitrogen and oxygen atoms in total. The minimum atomic E-state index is -0.205. The number of hydrogen-bond acceptors (Lipinski definition) is 4.